The molecule has 2 aromatic rings. The lowest BCUT2D eigenvalue weighted by Crippen LogP contribution is -2.05. The fraction of sp³-hybridized carbons (Fsp3) is 0.133. The maximum atomic E-state index is 13.4. The highest BCUT2D eigenvalue weighted by Gasteiger charge is 2.18. The van der Waals surface area contributed by atoms with Gasteiger partial charge in [-0.05, 0) is 24.3 Å². The van der Waals surface area contributed by atoms with Gasteiger partial charge in [-0.3, -0.25) is 4.79 Å². The van der Waals surface area contributed by atoms with E-state index in [1.54, 1.807) is 0 Å². The number of carbonyl (C=O) groups is 1. The minimum Gasteiger partial charge on any atom is -0.493 e. The average molecular weight is 310 g/mol. The topological polar surface area (TPSA) is 61.5 Å². The quantitative estimate of drug-likeness (QED) is 0.695. The molecule has 21 heavy (non-hydrogen) atoms. The van der Waals surface area contributed by atoms with Gasteiger partial charge in [-0.1, -0.05) is 11.6 Å². The molecular formula is C15H13ClFNO3. The molecule has 0 heterocycles. The van der Waals surface area contributed by atoms with Crippen LogP contribution in [0, 0.1) is 5.82 Å². The highest BCUT2D eigenvalue weighted by molar-refractivity contribution is 6.35. The van der Waals surface area contributed by atoms with E-state index in [4.69, 9.17) is 26.8 Å². The minimum atomic E-state index is -0.588. The molecule has 0 saturated carbocycles. The molecular weight excluding hydrogens is 297 g/mol. The number of halogens is 2. The number of methoxy groups -OCH3 is 2. The molecule has 0 aromatic heterocycles. The van der Waals surface area contributed by atoms with Crippen LogP contribution in [0.3, 0.4) is 0 Å². The van der Waals surface area contributed by atoms with Gasteiger partial charge in [-0.25, -0.2) is 4.39 Å². The fourth-order valence-electron chi connectivity index (χ4n) is 1.93. The van der Waals surface area contributed by atoms with Crippen molar-refractivity contribution >= 4 is 23.1 Å². The highest BCUT2D eigenvalue weighted by Crippen LogP contribution is 2.34. The molecule has 0 bridgehead atoms. The lowest BCUT2D eigenvalue weighted by atomic mass is 10.0. The molecule has 4 nitrogen and oxygen atoms in total. The first-order valence-electron chi connectivity index (χ1n) is 5.98. The molecule has 2 aromatic carbocycles. The van der Waals surface area contributed by atoms with Crippen molar-refractivity contribution in [1.82, 2.24) is 0 Å². The van der Waals surface area contributed by atoms with E-state index in [2.05, 4.69) is 0 Å². The Kier molecular flexibility index (Phi) is 4.33. The van der Waals surface area contributed by atoms with Crippen molar-refractivity contribution < 1.29 is 18.7 Å². The smallest absolute Gasteiger partial charge is 0.194 e. The third kappa shape index (κ3) is 3.08. The van der Waals surface area contributed by atoms with Gasteiger partial charge in [0.05, 0.1) is 19.2 Å². The molecule has 0 atom stereocenters. The molecule has 0 aliphatic rings. The summed E-state index contributed by atoms with van der Waals surface area (Å²) < 4.78 is 23.6. The molecule has 0 unspecified atom stereocenters. The highest BCUT2D eigenvalue weighted by atomic mass is 35.5. The second kappa shape index (κ2) is 6.01. The normalized spacial score (nSPS) is 10.3. The van der Waals surface area contributed by atoms with Gasteiger partial charge in [0.1, 0.15) is 5.82 Å². The zero-order valence-corrected chi connectivity index (χ0v) is 12.2. The van der Waals surface area contributed by atoms with Crippen molar-refractivity contribution in [2.45, 2.75) is 0 Å². The fourth-order valence-corrected chi connectivity index (χ4v) is 2.17. The summed E-state index contributed by atoms with van der Waals surface area (Å²) in [6.45, 7) is 0. The van der Waals surface area contributed by atoms with Crippen molar-refractivity contribution in [3.63, 3.8) is 0 Å². The summed E-state index contributed by atoms with van der Waals surface area (Å²) in [4.78, 5) is 12.4. The number of hydrogen-bond acceptors (Lipinski definition) is 4. The van der Waals surface area contributed by atoms with E-state index in [1.807, 2.05) is 0 Å². The predicted molar refractivity (Wildman–Crippen MR) is 78.8 cm³/mol. The molecule has 2 N–H and O–H groups in total. The summed E-state index contributed by atoms with van der Waals surface area (Å²) in [5, 5.41) is 0.181. The SMILES string of the molecule is COc1cc(Cl)c(C(=O)c2cc(N)cc(F)c2)cc1OC. The summed E-state index contributed by atoms with van der Waals surface area (Å²) >= 11 is 6.08. The molecule has 0 amide bonds. The maximum Gasteiger partial charge on any atom is 0.194 e. The summed E-state index contributed by atoms with van der Waals surface area (Å²) in [5.74, 6) is -0.283. The summed E-state index contributed by atoms with van der Waals surface area (Å²) in [7, 11) is 2.91. The van der Waals surface area contributed by atoms with Crippen LogP contribution >= 0.6 is 11.6 Å². The Bertz CT molecular complexity index is 683. The first-order valence-corrected chi connectivity index (χ1v) is 6.36. The van der Waals surface area contributed by atoms with Gasteiger partial charge in [0, 0.05) is 22.9 Å². The molecule has 0 spiro atoms. The zero-order valence-electron chi connectivity index (χ0n) is 11.4. The van der Waals surface area contributed by atoms with Crippen molar-refractivity contribution in [1.29, 1.82) is 0 Å². The van der Waals surface area contributed by atoms with Gasteiger partial charge in [0.15, 0.2) is 17.3 Å². The molecule has 0 fully saturated rings. The molecule has 0 aliphatic carbocycles. The van der Waals surface area contributed by atoms with Crippen LogP contribution in [0.1, 0.15) is 15.9 Å². The van der Waals surface area contributed by atoms with Gasteiger partial charge in [0.2, 0.25) is 0 Å². The Hall–Kier alpha value is -2.27. The summed E-state index contributed by atoms with van der Waals surface area (Å²) in [5.41, 5.74) is 6.00. The lowest BCUT2D eigenvalue weighted by Gasteiger charge is -2.11. The van der Waals surface area contributed by atoms with Crippen molar-refractivity contribution in [2.24, 2.45) is 0 Å². The van der Waals surface area contributed by atoms with Crippen molar-refractivity contribution in [3.8, 4) is 11.5 Å². The zero-order chi connectivity index (χ0) is 15.6. The number of hydrogen-bond donors (Lipinski definition) is 1. The van der Waals surface area contributed by atoms with Crippen molar-refractivity contribution in [3.05, 3.63) is 52.3 Å². The van der Waals surface area contributed by atoms with E-state index in [1.165, 1.54) is 32.4 Å². The van der Waals surface area contributed by atoms with Gasteiger partial charge in [0.25, 0.3) is 0 Å². The predicted octanol–water partition coefficient (Wildman–Crippen LogP) is 3.31. The number of ketones is 1. The first kappa shape index (κ1) is 15.1. The van der Waals surface area contributed by atoms with E-state index >= 15 is 0 Å². The van der Waals surface area contributed by atoms with E-state index < -0.39 is 11.6 Å². The largest absolute Gasteiger partial charge is 0.493 e. The van der Waals surface area contributed by atoms with E-state index in [0.29, 0.717) is 11.5 Å². The van der Waals surface area contributed by atoms with Crippen LogP contribution in [0.15, 0.2) is 30.3 Å². The Morgan fingerprint density at radius 1 is 1.10 bits per heavy atom. The second-order valence-electron chi connectivity index (χ2n) is 4.29. The molecule has 0 saturated heterocycles. The number of carbonyl (C=O) groups excluding carboxylic acids is 1. The van der Waals surface area contributed by atoms with Gasteiger partial charge in [-0.15, -0.1) is 0 Å². The van der Waals surface area contributed by atoms with Crippen LogP contribution in [-0.2, 0) is 0 Å². The van der Waals surface area contributed by atoms with E-state index in [9.17, 15) is 9.18 Å². The second-order valence-corrected chi connectivity index (χ2v) is 4.70. The molecule has 6 heteroatoms. The molecule has 110 valence electrons. The van der Waals surface area contributed by atoms with Crippen LogP contribution in [0.4, 0.5) is 10.1 Å². The number of benzene rings is 2. The van der Waals surface area contributed by atoms with Crippen molar-refractivity contribution in [2.75, 3.05) is 20.0 Å². The van der Waals surface area contributed by atoms with Gasteiger partial charge >= 0.3 is 0 Å². The maximum absolute atomic E-state index is 13.4. The van der Waals surface area contributed by atoms with E-state index in [0.717, 1.165) is 12.1 Å². The van der Waals surface area contributed by atoms with Gasteiger partial charge < -0.3 is 15.2 Å². The first-order chi connectivity index (χ1) is 9.96. The third-order valence-corrected chi connectivity index (χ3v) is 3.21. The number of rotatable bonds is 4. The van der Waals surface area contributed by atoms with E-state index in [-0.39, 0.29) is 21.8 Å². The van der Waals surface area contributed by atoms with Crippen LogP contribution in [0.5, 0.6) is 11.5 Å². The van der Waals surface area contributed by atoms with Crippen LogP contribution in [-0.4, -0.2) is 20.0 Å². The Morgan fingerprint density at radius 3 is 2.29 bits per heavy atom. The Morgan fingerprint density at radius 2 is 1.71 bits per heavy atom. The molecule has 2 rings (SSSR count). The number of ether oxygens (including phenoxy) is 2. The standard InChI is InChI=1S/C15H13ClFNO3/c1-20-13-6-11(12(16)7-14(13)21-2)15(19)8-3-9(17)5-10(18)4-8/h3-7H,18H2,1-2H3. The number of nitrogens with two attached hydrogens (primary N) is 1. The monoisotopic (exact) mass is 309 g/mol. The van der Waals surface area contributed by atoms with Crippen LogP contribution in [0.2, 0.25) is 5.02 Å². The minimum absolute atomic E-state index is 0.113. The number of anilines is 1. The summed E-state index contributed by atoms with van der Waals surface area (Å²) in [6, 6.07) is 6.54. The van der Waals surface area contributed by atoms with Crippen LogP contribution < -0.4 is 15.2 Å². The Balaban J connectivity index is 2.52. The summed E-state index contributed by atoms with van der Waals surface area (Å²) in [6.07, 6.45) is 0. The molecule has 0 radical (unpaired) electrons. The third-order valence-electron chi connectivity index (χ3n) is 2.90. The Labute approximate surface area is 126 Å². The lowest BCUT2D eigenvalue weighted by molar-refractivity contribution is 0.103. The molecule has 0 aliphatic heterocycles. The van der Waals surface area contributed by atoms with Crippen LogP contribution in [0.25, 0.3) is 0 Å². The number of nitrogen functional groups attached to an aromatic ring is 1. The average Bonchev–Trinajstić information content (AvgIpc) is 2.45. The van der Waals surface area contributed by atoms with Gasteiger partial charge in [-0.2, -0.15) is 0 Å².